The van der Waals surface area contributed by atoms with Gasteiger partial charge in [0.2, 0.25) is 5.91 Å². The molecule has 2 N–H and O–H groups in total. The quantitative estimate of drug-likeness (QED) is 0.796. The van der Waals surface area contributed by atoms with Crippen LogP contribution in [0.15, 0.2) is 11.5 Å². The zero-order valence-electron chi connectivity index (χ0n) is 11.4. The van der Waals surface area contributed by atoms with Crippen LogP contribution >= 0.6 is 11.8 Å². The molecule has 110 valence electrons. The fourth-order valence-corrected chi connectivity index (χ4v) is 3.39. The maximum atomic E-state index is 11.9. The first-order chi connectivity index (χ1) is 9.74. The predicted octanol–water partition coefficient (Wildman–Crippen LogP) is 1.12. The molecule has 1 amide bonds. The van der Waals surface area contributed by atoms with E-state index < -0.39 is 6.10 Å². The summed E-state index contributed by atoms with van der Waals surface area (Å²) >= 11 is 1.42. The molecule has 2 aliphatic carbocycles. The number of rotatable bonds is 5. The van der Waals surface area contributed by atoms with Gasteiger partial charge in [0.05, 0.1) is 17.9 Å². The molecule has 0 aliphatic heterocycles. The van der Waals surface area contributed by atoms with Crippen molar-refractivity contribution < 1.29 is 9.90 Å². The summed E-state index contributed by atoms with van der Waals surface area (Å²) in [5.41, 5.74) is 0. The first kappa shape index (κ1) is 13.9. The molecule has 1 aromatic rings. The van der Waals surface area contributed by atoms with Gasteiger partial charge in [-0.05, 0) is 25.7 Å². The maximum absolute atomic E-state index is 11.9. The van der Waals surface area contributed by atoms with Crippen molar-refractivity contribution in [2.24, 2.45) is 0 Å². The van der Waals surface area contributed by atoms with Gasteiger partial charge in [-0.15, -0.1) is 10.2 Å². The summed E-state index contributed by atoms with van der Waals surface area (Å²) in [5.74, 6) is 0.292. The van der Waals surface area contributed by atoms with Gasteiger partial charge in [0.15, 0.2) is 5.16 Å². The minimum atomic E-state index is -0.396. The summed E-state index contributed by atoms with van der Waals surface area (Å²) < 4.78 is 2.05. The second kappa shape index (κ2) is 6.13. The molecule has 20 heavy (non-hydrogen) atoms. The van der Waals surface area contributed by atoms with Crippen molar-refractivity contribution >= 4 is 17.7 Å². The zero-order valence-corrected chi connectivity index (χ0v) is 12.2. The third-order valence-corrected chi connectivity index (χ3v) is 4.85. The molecule has 0 spiro atoms. The van der Waals surface area contributed by atoms with E-state index in [-0.39, 0.29) is 11.9 Å². The topological polar surface area (TPSA) is 80.0 Å². The predicted molar refractivity (Wildman–Crippen MR) is 75.4 cm³/mol. The molecule has 2 fully saturated rings. The molecule has 0 unspecified atom stereocenters. The van der Waals surface area contributed by atoms with Crippen LogP contribution in [-0.4, -0.2) is 43.7 Å². The second-order valence-corrected chi connectivity index (χ2v) is 6.51. The largest absolute Gasteiger partial charge is 0.391 e. The molecule has 0 saturated heterocycles. The average molecular weight is 296 g/mol. The van der Waals surface area contributed by atoms with Crippen LogP contribution in [0.4, 0.5) is 0 Å². The lowest BCUT2D eigenvalue weighted by molar-refractivity contribution is -0.120. The molecule has 1 aromatic heterocycles. The van der Waals surface area contributed by atoms with Gasteiger partial charge in [-0.2, -0.15) is 0 Å². The minimum absolute atomic E-state index is 0.0358. The highest BCUT2D eigenvalue weighted by Gasteiger charge is 2.27. The summed E-state index contributed by atoms with van der Waals surface area (Å²) in [7, 11) is 0. The summed E-state index contributed by atoms with van der Waals surface area (Å²) in [6.45, 7) is 0. The van der Waals surface area contributed by atoms with E-state index in [9.17, 15) is 9.90 Å². The number of nitrogens with one attached hydrogen (secondary N) is 1. The van der Waals surface area contributed by atoms with Crippen LogP contribution in [0.5, 0.6) is 0 Å². The number of aliphatic hydroxyl groups excluding tert-OH is 1. The average Bonchev–Trinajstić information content (AvgIpc) is 3.18. The third kappa shape index (κ3) is 3.32. The third-order valence-electron chi connectivity index (χ3n) is 3.89. The van der Waals surface area contributed by atoms with Gasteiger partial charge in [-0.3, -0.25) is 4.79 Å². The van der Waals surface area contributed by atoms with Gasteiger partial charge < -0.3 is 15.0 Å². The fourth-order valence-electron chi connectivity index (χ4n) is 2.60. The Morgan fingerprint density at radius 3 is 2.95 bits per heavy atom. The number of carbonyl (C=O) groups is 1. The number of aromatic nitrogens is 3. The van der Waals surface area contributed by atoms with E-state index in [1.807, 2.05) is 4.57 Å². The molecule has 3 rings (SSSR count). The lowest BCUT2D eigenvalue weighted by atomic mass is 9.93. The molecule has 2 aliphatic rings. The first-order valence-corrected chi connectivity index (χ1v) is 8.22. The van der Waals surface area contributed by atoms with Crippen molar-refractivity contribution in [3.63, 3.8) is 0 Å². The second-order valence-electron chi connectivity index (χ2n) is 5.57. The van der Waals surface area contributed by atoms with E-state index >= 15 is 0 Å². The van der Waals surface area contributed by atoms with Gasteiger partial charge in [-0.25, -0.2) is 0 Å². The van der Waals surface area contributed by atoms with E-state index in [0.717, 1.165) is 30.8 Å². The van der Waals surface area contributed by atoms with Crippen LogP contribution in [0, 0.1) is 0 Å². The van der Waals surface area contributed by atoms with Gasteiger partial charge in [0, 0.05) is 6.04 Å². The van der Waals surface area contributed by atoms with Crippen LogP contribution in [0.3, 0.4) is 0 Å². The normalized spacial score (nSPS) is 26.4. The van der Waals surface area contributed by atoms with E-state index in [1.165, 1.54) is 24.6 Å². The van der Waals surface area contributed by atoms with Crippen LogP contribution in [0.1, 0.15) is 44.6 Å². The Labute approximate surface area is 122 Å². The number of thioether (sulfide) groups is 1. The number of hydrogen-bond acceptors (Lipinski definition) is 5. The molecular weight excluding hydrogens is 276 g/mol. The minimum Gasteiger partial charge on any atom is -0.391 e. The molecule has 0 radical (unpaired) electrons. The van der Waals surface area contributed by atoms with Crippen molar-refractivity contribution in [2.75, 3.05) is 5.75 Å². The van der Waals surface area contributed by atoms with Crippen molar-refractivity contribution in [1.29, 1.82) is 0 Å². The number of nitrogens with zero attached hydrogens (tertiary/aromatic N) is 3. The Kier molecular flexibility index (Phi) is 4.26. The van der Waals surface area contributed by atoms with Crippen molar-refractivity contribution in [3.8, 4) is 0 Å². The van der Waals surface area contributed by atoms with Crippen LogP contribution in [0.2, 0.25) is 0 Å². The van der Waals surface area contributed by atoms with Crippen LogP contribution in [0.25, 0.3) is 0 Å². The summed E-state index contributed by atoms with van der Waals surface area (Å²) in [5, 5.41) is 21.6. The summed E-state index contributed by atoms with van der Waals surface area (Å²) in [6, 6.07) is 0.439. The Morgan fingerprint density at radius 1 is 1.40 bits per heavy atom. The highest BCUT2D eigenvalue weighted by atomic mass is 32.2. The Bertz CT molecular complexity index is 475. The molecular formula is C13H20N4O2S. The molecule has 2 atom stereocenters. The first-order valence-electron chi connectivity index (χ1n) is 7.24. The van der Waals surface area contributed by atoms with Gasteiger partial charge in [-0.1, -0.05) is 24.6 Å². The van der Waals surface area contributed by atoms with Gasteiger partial charge >= 0.3 is 0 Å². The van der Waals surface area contributed by atoms with E-state index in [1.54, 1.807) is 6.33 Å². The number of amides is 1. The molecule has 0 aromatic carbocycles. The zero-order chi connectivity index (χ0) is 13.9. The highest BCUT2D eigenvalue weighted by molar-refractivity contribution is 7.99. The number of hydrogen-bond donors (Lipinski definition) is 2. The number of aliphatic hydroxyl groups is 1. The SMILES string of the molecule is O=C(CSc1nncn1C1CC1)N[C@H]1CCCC[C@@H]1O. The fraction of sp³-hybridized carbons (Fsp3) is 0.769. The standard InChI is InChI=1S/C13H20N4O2S/c18-11-4-2-1-3-10(11)15-12(19)7-20-13-16-14-8-17(13)9-5-6-9/h8-11,18H,1-7H2,(H,15,19)/t10-,11-/m0/s1. The number of carbonyl (C=O) groups excluding carboxylic acids is 1. The molecule has 2 saturated carbocycles. The molecule has 6 nitrogen and oxygen atoms in total. The van der Waals surface area contributed by atoms with E-state index in [2.05, 4.69) is 15.5 Å². The molecule has 1 heterocycles. The smallest absolute Gasteiger partial charge is 0.230 e. The van der Waals surface area contributed by atoms with E-state index in [0.29, 0.717) is 11.8 Å². The Hall–Kier alpha value is -1.08. The summed E-state index contributed by atoms with van der Waals surface area (Å²) in [6.07, 6.45) is 7.47. The van der Waals surface area contributed by atoms with Gasteiger partial charge in [0.1, 0.15) is 6.33 Å². The Morgan fingerprint density at radius 2 is 2.20 bits per heavy atom. The molecule has 0 bridgehead atoms. The van der Waals surface area contributed by atoms with Crippen molar-refractivity contribution in [3.05, 3.63) is 6.33 Å². The lowest BCUT2D eigenvalue weighted by Crippen LogP contribution is -2.45. The van der Waals surface area contributed by atoms with Crippen molar-refractivity contribution in [2.45, 2.75) is 61.9 Å². The van der Waals surface area contributed by atoms with Crippen LogP contribution in [-0.2, 0) is 4.79 Å². The summed E-state index contributed by atoms with van der Waals surface area (Å²) in [4.78, 5) is 11.9. The van der Waals surface area contributed by atoms with Gasteiger partial charge in [0.25, 0.3) is 0 Å². The highest BCUT2D eigenvalue weighted by Crippen LogP contribution is 2.37. The Balaban J connectivity index is 1.47. The van der Waals surface area contributed by atoms with E-state index in [4.69, 9.17) is 0 Å². The lowest BCUT2D eigenvalue weighted by Gasteiger charge is -2.28. The maximum Gasteiger partial charge on any atom is 0.230 e. The molecule has 7 heteroatoms. The van der Waals surface area contributed by atoms with Crippen LogP contribution < -0.4 is 5.32 Å². The monoisotopic (exact) mass is 296 g/mol. The van der Waals surface area contributed by atoms with Crippen molar-refractivity contribution in [1.82, 2.24) is 20.1 Å².